The second kappa shape index (κ2) is 4.92. The van der Waals surface area contributed by atoms with Gasteiger partial charge in [-0.05, 0) is 32.9 Å². The van der Waals surface area contributed by atoms with Crippen LogP contribution in [0.2, 0.25) is 0 Å². The molecule has 0 unspecified atom stereocenters. The third-order valence-corrected chi connectivity index (χ3v) is 2.57. The van der Waals surface area contributed by atoms with Crippen molar-refractivity contribution in [2.45, 2.75) is 26.3 Å². The highest BCUT2D eigenvalue weighted by Crippen LogP contribution is 2.18. The standard InChI is InChI=1S/C13H21N3O/c1-13(2,3)15-11-5-4-6-12(14-11)16-7-9-17-10-8-16/h4-6H,7-10H2,1-3H3,(H,14,15). The van der Waals surface area contributed by atoms with E-state index in [1.165, 1.54) is 0 Å². The number of hydrogen-bond acceptors (Lipinski definition) is 4. The molecule has 1 saturated heterocycles. The van der Waals surface area contributed by atoms with Gasteiger partial charge in [-0.25, -0.2) is 4.98 Å². The van der Waals surface area contributed by atoms with Gasteiger partial charge in [-0.2, -0.15) is 0 Å². The molecule has 0 spiro atoms. The van der Waals surface area contributed by atoms with Crippen molar-refractivity contribution in [2.75, 3.05) is 36.5 Å². The van der Waals surface area contributed by atoms with Crippen LogP contribution in [0.3, 0.4) is 0 Å². The molecular formula is C13H21N3O. The minimum atomic E-state index is 0.0383. The summed E-state index contributed by atoms with van der Waals surface area (Å²) in [6.07, 6.45) is 0. The topological polar surface area (TPSA) is 37.4 Å². The molecule has 0 aliphatic carbocycles. The van der Waals surface area contributed by atoms with Gasteiger partial charge < -0.3 is 15.0 Å². The fraction of sp³-hybridized carbons (Fsp3) is 0.615. The second-order valence-corrected chi connectivity index (χ2v) is 5.36. The van der Waals surface area contributed by atoms with E-state index in [0.29, 0.717) is 0 Å². The lowest BCUT2D eigenvalue weighted by atomic mass is 10.1. The Balaban J connectivity index is 2.10. The number of pyridine rings is 1. The average Bonchev–Trinajstić information content (AvgIpc) is 2.28. The maximum Gasteiger partial charge on any atom is 0.131 e. The lowest BCUT2D eigenvalue weighted by Crippen LogP contribution is -2.37. The number of nitrogens with one attached hydrogen (secondary N) is 1. The Morgan fingerprint density at radius 1 is 1.24 bits per heavy atom. The van der Waals surface area contributed by atoms with Gasteiger partial charge in [-0.3, -0.25) is 0 Å². The molecule has 2 rings (SSSR count). The van der Waals surface area contributed by atoms with Gasteiger partial charge in [0.1, 0.15) is 11.6 Å². The average molecular weight is 235 g/mol. The molecule has 17 heavy (non-hydrogen) atoms. The first kappa shape index (κ1) is 12.2. The highest BCUT2D eigenvalue weighted by molar-refractivity contribution is 5.48. The first-order valence-electron chi connectivity index (χ1n) is 6.12. The van der Waals surface area contributed by atoms with Crippen LogP contribution in [0.25, 0.3) is 0 Å². The zero-order chi connectivity index (χ0) is 12.3. The molecule has 2 heterocycles. The van der Waals surface area contributed by atoms with Crippen molar-refractivity contribution in [1.82, 2.24) is 4.98 Å². The Labute approximate surface area is 103 Å². The van der Waals surface area contributed by atoms with E-state index in [2.05, 4.69) is 42.0 Å². The maximum absolute atomic E-state index is 5.35. The molecule has 1 N–H and O–H groups in total. The Morgan fingerprint density at radius 2 is 1.94 bits per heavy atom. The summed E-state index contributed by atoms with van der Waals surface area (Å²) in [5.41, 5.74) is 0.0383. The van der Waals surface area contributed by atoms with Crippen molar-refractivity contribution in [3.63, 3.8) is 0 Å². The number of nitrogens with zero attached hydrogens (tertiary/aromatic N) is 2. The molecule has 0 atom stereocenters. The first-order valence-corrected chi connectivity index (χ1v) is 6.12. The van der Waals surface area contributed by atoms with E-state index >= 15 is 0 Å². The number of hydrogen-bond donors (Lipinski definition) is 1. The van der Waals surface area contributed by atoms with Crippen molar-refractivity contribution in [1.29, 1.82) is 0 Å². The van der Waals surface area contributed by atoms with E-state index < -0.39 is 0 Å². The first-order chi connectivity index (χ1) is 8.04. The molecule has 0 bridgehead atoms. The van der Waals surface area contributed by atoms with Gasteiger partial charge in [-0.1, -0.05) is 6.07 Å². The predicted octanol–water partition coefficient (Wildman–Crippen LogP) is 2.13. The van der Waals surface area contributed by atoms with Gasteiger partial charge in [0, 0.05) is 18.6 Å². The van der Waals surface area contributed by atoms with Crippen LogP contribution < -0.4 is 10.2 Å². The fourth-order valence-corrected chi connectivity index (χ4v) is 1.85. The van der Waals surface area contributed by atoms with E-state index in [0.717, 1.165) is 37.9 Å². The number of anilines is 2. The van der Waals surface area contributed by atoms with Gasteiger partial charge >= 0.3 is 0 Å². The zero-order valence-electron chi connectivity index (χ0n) is 10.9. The normalized spacial score (nSPS) is 17.0. The quantitative estimate of drug-likeness (QED) is 0.852. The Bertz CT molecular complexity index is 367. The van der Waals surface area contributed by atoms with Crippen LogP contribution in [-0.2, 0) is 4.74 Å². The number of morpholine rings is 1. The third kappa shape index (κ3) is 3.60. The molecular weight excluding hydrogens is 214 g/mol. The summed E-state index contributed by atoms with van der Waals surface area (Å²) in [5.74, 6) is 1.96. The summed E-state index contributed by atoms with van der Waals surface area (Å²) < 4.78 is 5.35. The molecule has 4 nitrogen and oxygen atoms in total. The molecule has 0 saturated carbocycles. The summed E-state index contributed by atoms with van der Waals surface area (Å²) in [4.78, 5) is 6.90. The van der Waals surface area contributed by atoms with Crippen molar-refractivity contribution >= 4 is 11.6 Å². The molecule has 4 heteroatoms. The summed E-state index contributed by atoms with van der Waals surface area (Å²) in [6.45, 7) is 9.83. The van der Waals surface area contributed by atoms with Crippen LogP contribution in [0.4, 0.5) is 11.6 Å². The largest absolute Gasteiger partial charge is 0.378 e. The van der Waals surface area contributed by atoms with Gasteiger partial charge in [0.25, 0.3) is 0 Å². The summed E-state index contributed by atoms with van der Waals surface area (Å²) in [7, 11) is 0. The molecule has 0 aromatic carbocycles. The molecule has 1 fully saturated rings. The van der Waals surface area contributed by atoms with Crippen LogP contribution in [0.15, 0.2) is 18.2 Å². The van der Waals surface area contributed by atoms with E-state index in [4.69, 9.17) is 4.74 Å². The lowest BCUT2D eigenvalue weighted by Gasteiger charge is -2.29. The van der Waals surface area contributed by atoms with E-state index in [1.807, 2.05) is 12.1 Å². The monoisotopic (exact) mass is 235 g/mol. The zero-order valence-corrected chi connectivity index (χ0v) is 10.9. The smallest absolute Gasteiger partial charge is 0.131 e. The van der Waals surface area contributed by atoms with Crippen LogP contribution in [0.1, 0.15) is 20.8 Å². The molecule has 1 aliphatic heterocycles. The van der Waals surface area contributed by atoms with Crippen molar-refractivity contribution in [3.05, 3.63) is 18.2 Å². The molecule has 1 aromatic rings. The Kier molecular flexibility index (Phi) is 3.52. The molecule has 1 aliphatic rings. The molecule has 0 radical (unpaired) electrons. The number of aromatic nitrogens is 1. The van der Waals surface area contributed by atoms with Crippen molar-refractivity contribution in [2.24, 2.45) is 0 Å². The minimum Gasteiger partial charge on any atom is -0.378 e. The second-order valence-electron chi connectivity index (χ2n) is 5.36. The minimum absolute atomic E-state index is 0.0383. The van der Waals surface area contributed by atoms with Crippen LogP contribution in [0, 0.1) is 0 Å². The van der Waals surface area contributed by atoms with Crippen LogP contribution >= 0.6 is 0 Å². The summed E-state index contributed by atoms with van der Waals surface area (Å²) in [6, 6.07) is 6.11. The maximum atomic E-state index is 5.35. The Hall–Kier alpha value is -1.29. The molecule has 94 valence electrons. The fourth-order valence-electron chi connectivity index (χ4n) is 1.85. The SMILES string of the molecule is CC(C)(C)Nc1cccc(N2CCOCC2)n1. The van der Waals surface area contributed by atoms with Crippen molar-refractivity contribution < 1.29 is 4.74 Å². The predicted molar refractivity (Wildman–Crippen MR) is 70.6 cm³/mol. The molecule has 1 aromatic heterocycles. The van der Waals surface area contributed by atoms with Gasteiger partial charge in [0.15, 0.2) is 0 Å². The van der Waals surface area contributed by atoms with E-state index in [1.54, 1.807) is 0 Å². The Morgan fingerprint density at radius 3 is 2.59 bits per heavy atom. The third-order valence-electron chi connectivity index (χ3n) is 2.57. The van der Waals surface area contributed by atoms with Gasteiger partial charge in [-0.15, -0.1) is 0 Å². The van der Waals surface area contributed by atoms with E-state index in [9.17, 15) is 0 Å². The lowest BCUT2D eigenvalue weighted by molar-refractivity contribution is 0.122. The van der Waals surface area contributed by atoms with E-state index in [-0.39, 0.29) is 5.54 Å². The van der Waals surface area contributed by atoms with Crippen molar-refractivity contribution in [3.8, 4) is 0 Å². The van der Waals surface area contributed by atoms with Gasteiger partial charge in [0.2, 0.25) is 0 Å². The summed E-state index contributed by atoms with van der Waals surface area (Å²) in [5, 5.41) is 3.39. The van der Waals surface area contributed by atoms with Gasteiger partial charge in [0.05, 0.1) is 13.2 Å². The number of rotatable bonds is 2. The summed E-state index contributed by atoms with van der Waals surface area (Å²) >= 11 is 0. The highest BCUT2D eigenvalue weighted by Gasteiger charge is 2.14. The number of ether oxygens (including phenoxy) is 1. The highest BCUT2D eigenvalue weighted by atomic mass is 16.5. The van der Waals surface area contributed by atoms with Crippen LogP contribution in [0.5, 0.6) is 0 Å². The van der Waals surface area contributed by atoms with Crippen LogP contribution in [-0.4, -0.2) is 36.8 Å². The molecule has 0 amide bonds.